The third-order valence-electron chi connectivity index (χ3n) is 5.13. The fourth-order valence-electron chi connectivity index (χ4n) is 3.92. The molecule has 4 rings (SSSR count). The second kappa shape index (κ2) is 7.45. The molecule has 5 nitrogen and oxygen atoms in total. The number of carbonyl (C=O) groups excluding carboxylic acids is 1. The molecular formula is C22H25N3O2. The summed E-state index contributed by atoms with van der Waals surface area (Å²) in [5, 5.41) is 6.79. The van der Waals surface area contributed by atoms with E-state index in [1.807, 2.05) is 30.3 Å². The number of anilines is 2. The number of nitrogens with one attached hydrogen (secondary N) is 2. The van der Waals surface area contributed by atoms with Crippen molar-refractivity contribution in [2.45, 2.75) is 19.3 Å². The van der Waals surface area contributed by atoms with Gasteiger partial charge in [-0.25, -0.2) is 4.79 Å². The molecule has 3 aromatic rings. The van der Waals surface area contributed by atoms with Crippen molar-refractivity contribution in [2.24, 2.45) is 5.92 Å². The second-order valence-electron chi connectivity index (χ2n) is 7.61. The van der Waals surface area contributed by atoms with Crippen LogP contribution in [0, 0.1) is 5.92 Å². The Balaban J connectivity index is 1.40. The average Bonchev–Trinajstić information content (AvgIpc) is 3.09. The number of urea groups is 1. The van der Waals surface area contributed by atoms with Gasteiger partial charge in [0.2, 0.25) is 0 Å². The van der Waals surface area contributed by atoms with Crippen molar-refractivity contribution < 1.29 is 9.21 Å². The lowest BCUT2D eigenvalue weighted by molar-refractivity contribution is 0.262. The highest BCUT2D eigenvalue weighted by Crippen LogP contribution is 2.28. The number of fused-ring (bicyclic) bond motifs is 2. The van der Waals surface area contributed by atoms with E-state index >= 15 is 0 Å². The number of nitrogens with zero attached hydrogens (tertiary/aromatic N) is 1. The Labute approximate surface area is 159 Å². The van der Waals surface area contributed by atoms with Gasteiger partial charge in [-0.1, -0.05) is 6.07 Å². The Hall–Kier alpha value is -2.79. The number of furan rings is 1. The van der Waals surface area contributed by atoms with Crippen LogP contribution in [0.4, 0.5) is 16.2 Å². The van der Waals surface area contributed by atoms with Crippen LogP contribution in [-0.4, -0.2) is 31.6 Å². The molecule has 27 heavy (non-hydrogen) atoms. The maximum Gasteiger partial charge on any atom is 0.323 e. The van der Waals surface area contributed by atoms with Crippen LogP contribution >= 0.6 is 0 Å². The van der Waals surface area contributed by atoms with Crippen molar-refractivity contribution in [3.05, 3.63) is 59.9 Å². The molecular weight excluding hydrogens is 338 g/mol. The third-order valence-corrected chi connectivity index (χ3v) is 5.13. The lowest BCUT2D eigenvalue weighted by Crippen LogP contribution is -2.26. The van der Waals surface area contributed by atoms with Gasteiger partial charge in [-0.05, 0) is 86.8 Å². The molecule has 1 aliphatic carbocycles. The summed E-state index contributed by atoms with van der Waals surface area (Å²) >= 11 is 0. The maximum absolute atomic E-state index is 12.3. The van der Waals surface area contributed by atoms with Gasteiger partial charge in [0, 0.05) is 23.3 Å². The van der Waals surface area contributed by atoms with Gasteiger partial charge in [-0.2, -0.15) is 0 Å². The van der Waals surface area contributed by atoms with Crippen molar-refractivity contribution in [2.75, 3.05) is 31.3 Å². The summed E-state index contributed by atoms with van der Waals surface area (Å²) in [4.78, 5) is 14.6. The van der Waals surface area contributed by atoms with E-state index in [2.05, 4.69) is 41.8 Å². The number of benzene rings is 2. The number of carbonyl (C=O) groups is 1. The van der Waals surface area contributed by atoms with Gasteiger partial charge in [0.1, 0.15) is 5.58 Å². The number of hydrogen-bond donors (Lipinski definition) is 2. The Morgan fingerprint density at radius 2 is 1.85 bits per heavy atom. The van der Waals surface area contributed by atoms with Crippen molar-refractivity contribution in [3.8, 4) is 0 Å². The van der Waals surface area contributed by atoms with Crippen molar-refractivity contribution in [1.82, 2.24) is 4.90 Å². The predicted molar refractivity (Wildman–Crippen MR) is 109 cm³/mol. The van der Waals surface area contributed by atoms with Crippen LogP contribution in [0.3, 0.4) is 0 Å². The molecule has 0 fully saturated rings. The Bertz CT molecular complexity index is 961. The first-order chi connectivity index (χ1) is 13.1. The zero-order chi connectivity index (χ0) is 18.8. The molecule has 0 saturated heterocycles. The van der Waals surface area contributed by atoms with Crippen LogP contribution in [0.5, 0.6) is 0 Å². The summed E-state index contributed by atoms with van der Waals surface area (Å²) < 4.78 is 5.32. The molecule has 2 N–H and O–H groups in total. The fourth-order valence-corrected chi connectivity index (χ4v) is 3.92. The minimum atomic E-state index is -0.237. The monoisotopic (exact) mass is 363 g/mol. The van der Waals surface area contributed by atoms with Gasteiger partial charge < -0.3 is 20.0 Å². The molecule has 0 aliphatic heterocycles. The molecule has 2 amide bonds. The standard InChI is InChI=1S/C22H25N3O2/c1-25(2)14-15-3-4-17-12-19(6-5-16(17)11-15)23-22(26)24-20-7-8-21-18(13-20)9-10-27-21/h5-10,12-13,15H,3-4,11,14H2,1-2H3,(H2,23,24,26). The molecule has 1 aromatic heterocycles. The van der Waals surface area contributed by atoms with Crippen LogP contribution in [-0.2, 0) is 12.8 Å². The van der Waals surface area contributed by atoms with E-state index in [0.29, 0.717) is 5.92 Å². The molecule has 1 unspecified atom stereocenters. The molecule has 1 heterocycles. The first kappa shape index (κ1) is 17.6. The van der Waals surface area contributed by atoms with Crippen LogP contribution in [0.1, 0.15) is 17.5 Å². The molecule has 0 spiro atoms. The molecule has 140 valence electrons. The molecule has 5 heteroatoms. The summed E-state index contributed by atoms with van der Waals surface area (Å²) in [6.45, 7) is 1.13. The third kappa shape index (κ3) is 4.14. The van der Waals surface area contributed by atoms with E-state index in [-0.39, 0.29) is 6.03 Å². The Morgan fingerprint density at radius 3 is 2.67 bits per heavy atom. The van der Waals surface area contributed by atoms with E-state index in [9.17, 15) is 4.79 Å². The van der Waals surface area contributed by atoms with Gasteiger partial charge >= 0.3 is 6.03 Å². The smallest absolute Gasteiger partial charge is 0.323 e. The molecule has 1 atom stereocenters. The van der Waals surface area contributed by atoms with Gasteiger partial charge in [-0.3, -0.25) is 0 Å². The number of amides is 2. The number of aryl methyl sites for hydroxylation is 1. The first-order valence-electron chi connectivity index (χ1n) is 9.38. The minimum Gasteiger partial charge on any atom is -0.464 e. The normalized spacial score (nSPS) is 16.3. The van der Waals surface area contributed by atoms with E-state index in [1.54, 1.807) is 6.26 Å². The molecule has 2 aromatic carbocycles. The lowest BCUT2D eigenvalue weighted by atomic mass is 9.83. The van der Waals surface area contributed by atoms with Gasteiger partial charge in [0.25, 0.3) is 0 Å². The van der Waals surface area contributed by atoms with Crippen molar-refractivity contribution in [3.63, 3.8) is 0 Å². The summed E-state index contributed by atoms with van der Waals surface area (Å²) in [6, 6.07) is 13.5. The van der Waals surface area contributed by atoms with E-state index < -0.39 is 0 Å². The van der Waals surface area contributed by atoms with E-state index in [1.165, 1.54) is 17.5 Å². The topological polar surface area (TPSA) is 57.5 Å². The van der Waals surface area contributed by atoms with Gasteiger partial charge in [0.05, 0.1) is 6.26 Å². The van der Waals surface area contributed by atoms with Crippen molar-refractivity contribution in [1.29, 1.82) is 0 Å². The Kier molecular flexibility index (Phi) is 4.86. The highest BCUT2D eigenvalue weighted by atomic mass is 16.3. The van der Waals surface area contributed by atoms with Crippen LogP contribution in [0.15, 0.2) is 53.1 Å². The largest absolute Gasteiger partial charge is 0.464 e. The zero-order valence-corrected chi connectivity index (χ0v) is 15.8. The summed E-state index contributed by atoms with van der Waals surface area (Å²) in [5.41, 5.74) is 5.14. The number of rotatable bonds is 4. The van der Waals surface area contributed by atoms with Crippen LogP contribution in [0.25, 0.3) is 11.0 Å². The van der Waals surface area contributed by atoms with Gasteiger partial charge in [0.15, 0.2) is 0 Å². The summed E-state index contributed by atoms with van der Waals surface area (Å²) in [5.74, 6) is 0.715. The van der Waals surface area contributed by atoms with Crippen LogP contribution < -0.4 is 10.6 Å². The van der Waals surface area contributed by atoms with Crippen LogP contribution in [0.2, 0.25) is 0 Å². The molecule has 1 aliphatic rings. The maximum atomic E-state index is 12.3. The van der Waals surface area contributed by atoms with E-state index in [4.69, 9.17) is 4.42 Å². The summed E-state index contributed by atoms with van der Waals surface area (Å²) in [6.07, 6.45) is 5.03. The number of hydrogen-bond acceptors (Lipinski definition) is 3. The highest BCUT2D eigenvalue weighted by Gasteiger charge is 2.19. The highest BCUT2D eigenvalue weighted by molar-refractivity contribution is 6.00. The van der Waals surface area contributed by atoms with Gasteiger partial charge in [-0.15, -0.1) is 0 Å². The average molecular weight is 363 g/mol. The predicted octanol–water partition coefficient (Wildman–Crippen LogP) is 4.74. The Morgan fingerprint density at radius 1 is 1.07 bits per heavy atom. The summed E-state index contributed by atoms with van der Waals surface area (Å²) in [7, 11) is 4.26. The first-order valence-corrected chi connectivity index (χ1v) is 9.38. The fraction of sp³-hybridized carbons (Fsp3) is 0.318. The molecule has 0 radical (unpaired) electrons. The molecule has 0 saturated carbocycles. The molecule has 0 bridgehead atoms. The quantitative estimate of drug-likeness (QED) is 0.704. The minimum absolute atomic E-state index is 0.237. The SMILES string of the molecule is CN(C)CC1CCc2cc(NC(=O)Nc3ccc4occc4c3)ccc2C1. The van der Waals surface area contributed by atoms with E-state index in [0.717, 1.165) is 41.7 Å². The zero-order valence-electron chi connectivity index (χ0n) is 15.8. The lowest BCUT2D eigenvalue weighted by Gasteiger charge is -2.27. The van der Waals surface area contributed by atoms with Crippen molar-refractivity contribution >= 4 is 28.4 Å². The second-order valence-corrected chi connectivity index (χ2v) is 7.61.